The predicted molar refractivity (Wildman–Crippen MR) is 46.0 cm³/mol. The van der Waals surface area contributed by atoms with E-state index in [1.54, 1.807) is 0 Å². The van der Waals surface area contributed by atoms with E-state index in [-0.39, 0.29) is 0 Å². The predicted octanol–water partition coefficient (Wildman–Crippen LogP) is 1.58. The number of rotatable bonds is 0. The summed E-state index contributed by atoms with van der Waals surface area (Å²) >= 11 is 0. The summed E-state index contributed by atoms with van der Waals surface area (Å²) in [5.41, 5.74) is 5.70. The normalized spacial score (nSPS) is 17.5. The fraction of sp³-hybridized carbons (Fsp3) is 0.333. The average Bonchev–Trinajstić information content (AvgIpc) is 2.34. The SMILES string of the molecule is c1cc2c(c3c1CCN3)CN2. The molecule has 0 fully saturated rings. The molecule has 0 atom stereocenters. The van der Waals surface area contributed by atoms with Crippen molar-refractivity contribution in [1.82, 2.24) is 0 Å². The van der Waals surface area contributed by atoms with E-state index in [4.69, 9.17) is 0 Å². The summed E-state index contributed by atoms with van der Waals surface area (Å²) < 4.78 is 0. The van der Waals surface area contributed by atoms with Gasteiger partial charge in [-0.15, -0.1) is 0 Å². The molecule has 0 spiro atoms. The first kappa shape index (κ1) is 5.47. The van der Waals surface area contributed by atoms with Crippen molar-refractivity contribution in [2.75, 3.05) is 17.2 Å². The first-order chi connectivity index (χ1) is 5.45. The van der Waals surface area contributed by atoms with Gasteiger partial charge in [-0.2, -0.15) is 0 Å². The molecule has 1 aromatic rings. The molecule has 0 bridgehead atoms. The van der Waals surface area contributed by atoms with Gasteiger partial charge in [-0.25, -0.2) is 0 Å². The molecule has 0 saturated heterocycles. The Labute approximate surface area is 65.6 Å². The van der Waals surface area contributed by atoms with E-state index in [9.17, 15) is 0 Å². The lowest BCUT2D eigenvalue weighted by Crippen LogP contribution is -2.15. The Kier molecular flexibility index (Phi) is 0.844. The minimum atomic E-state index is 1.05. The third-order valence-electron chi connectivity index (χ3n) is 2.55. The van der Waals surface area contributed by atoms with Gasteiger partial charge in [0.25, 0.3) is 0 Å². The minimum absolute atomic E-state index is 1.05. The first-order valence-corrected chi connectivity index (χ1v) is 4.07. The molecule has 0 aromatic heterocycles. The quantitative estimate of drug-likeness (QED) is 0.580. The van der Waals surface area contributed by atoms with Gasteiger partial charge in [0, 0.05) is 30.0 Å². The summed E-state index contributed by atoms with van der Waals surface area (Å²) in [5.74, 6) is 0. The highest BCUT2D eigenvalue weighted by molar-refractivity contribution is 5.76. The second-order valence-electron chi connectivity index (χ2n) is 3.16. The van der Waals surface area contributed by atoms with Crippen LogP contribution in [0.1, 0.15) is 11.1 Å². The molecule has 2 heteroatoms. The van der Waals surface area contributed by atoms with E-state index in [1.807, 2.05) is 0 Å². The number of hydrogen-bond donors (Lipinski definition) is 2. The van der Waals surface area contributed by atoms with Crippen molar-refractivity contribution in [3.63, 3.8) is 0 Å². The van der Waals surface area contributed by atoms with Crippen LogP contribution in [0.25, 0.3) is 0 Å². The molecule has 11 heavy (non-hydrogen) atoms. The number of anilines is 2. The number of nitrogens with one attached hydrogen (secondary N) is 2. The minimum Gasteiger partial charge on any atom is -0.384 e. The topological polar surface area (TPSA) is 24.1 Å². The Balaban J connectivity index is 2.28. The van der Waals surface area contributed by atoms with Crippen LogP contribution in [0.2, 0.25) is 0 Å². The molecule has 0 radical (unpaired) electrons. The molecular formula is C9H10N2. The van der Waals surface area contributed by atoms with E-state index >= 15 is 0 Å². The van der Waals surface area contributed by atoms with Crippen molar-refractivity contribution in [1.29, 1.82) is 0 Å². The standard InChI is InChI=1S/C9H10N2/c1-2-8-7(5-11-8)9-6(1)3-4-10-9/h1-2,10-11H,3-5H2. The van der Waals surface area contributed by atoms with Gasteiger partial charge in [-0.1, -0.05) is 6.07 Å². The van der Waals surface area contributed by atoms with Crippen molar-refractivity contribution in [2.45, 2.75) is 13.0 Å². The Morgan fingerprint density at radius 1 is 1.18 bits per heavy atom. The summed E-state index contributed by atoms with van der Waals surface area (Å²) in [7, 11) is 0. The maximum absolute atomic E-state index is 3.42. The first-order valence-electron chi connectivity index (χ1n) is 4.07. The second-order valence-corrected chi connectivity index (χ2v) is 3.16. The van der Waals surface area contributed by atoms with Gasteiger partial charge in [0.2, 0.25) is 0 Å². The lowest BCUT2D eigenvalue weighted by molar-refractivity contribution is 1.05. The summed E-state index contributed by atoms with van der Waals surface area (Å²) in [6.45, 7) is 2.16. The van der Waals surface area contributed by atoms with Crippen LogP contribution in [-0.4, -0.2) is 6.54 Å². The van der Waals surface area contributed by atoms with Crippen molar-refractivity contribution in [3.8, 4) is 0 Å². The lowest BCUT2D eigenvalue weighted by Gasteiger charge is -2.24. The Morgan fingerprint density at radius 2 is 2.18 bits per heavy atom. The van der Waals surface area contributed by atoms with Gasteiger partial charge in [-0.05, 0) is 18.1 Å². The van der Waals surface area contributed by atoms with Crippen LogP contribution in [0, 0.1) is 0 Å². The Hall–Kier alpha value is -1.18. The molecule has 1 aromatic carbocycles. The molecule has 0 aliphatic carbocycles. The van der Waals surface area contributed by atoms with Crippen LogP contribution in [0.5, 0.6) is 0 Å². The fourth-order valence-corrected chi connectivity index (χ4v) is 1.87. The van der Waals surface area contributed by atoms with Gasteiger partial charge in [0.05, 0.1) is 0 Å². The third kappa shape index (κ3) is 0.570. The molecule has 2 nitrogen and oxygen atoms in total. The van der Waals surface area contributed by atoms with E-state index in [0.717, 1.165) is 13.1 Å². The molecule has 2 heterocycles. The second kappa shape index (κ2) is 1.70. The lowest BCUT2D eigenvalue weighted by atomic mass is 10.0. The number of benzene rings is 1. The summed E-state index contributed by atoms with van der Waals surface area (Å²) in [6, 6.07) is 4.41. The molecular weight excluding hydrogens is 136 g/mol. The molecule has 2 aliphatic heterocycles. The van der Waals surface area contributed by atoms with Crippen LogP contribution in [-0.2, 0) is 13.0 Å². The highest BCUT2D eigenvalue weighted by atomic mass is 15.0. The maximum atomic E-state index is 3.42. The highest BCUT2D eigenvalue weighted by Crippen LogP contribution is 2.37. The molecule has 2 aliphatic rings. The Bertz CT molecular complexity index is 318. The van der Waals surface area contributed by atoms with Crippen LogP contribution < -0.4 is 10.6 Å². The molecule has 0 unspecified atom stereocenters. The maximum Gasteiger partial charge on any atom is 0.0444 e. The van der Waals surface area contributed by atoms with Gasteiger partial charge < -0.3 is 10.6 Å². The van der Waals surface area contributed by atoms with E-state index in [2.05, 4.69) is 22.8 Å². The van der Waals surface area contributed by atoms with Crippen LogP contribution in [0.3, 0.4) is 0 Å². The van der Waals surface area contributed by atoms with Crippen molar-refractivity contribution >= 4 is 11.4 Å². The van der Waals surface area contributed by atoms with Crippen LogP contribution >= 0.6 is 0 Å². The summed E-state index contributed by atoms with van der Waals surface area (Å²) in [5, 5.41) is 6.70. The summed E-state index contributed by atoms with van der Waals surface area (Å²) in [4.78, 5) is 0. The highest BCUT2D eigenvalue weighted by Gasteiger charge is 2.21. The molecule has 2 N–H and O–H groups in total. The number of fused-ring (bicyclic) bond motifs is 3. The monoisotopic (exact) mass is 146 g/mol. The van der Waals surface area contributed by atoms with E-state index < -0.39 is 0 Å². The molecule has 3 rings (SSSR count). The fourth-order valence-electron chi connectivity index (χ4n) is 1.87. The van der Waals surface area contributed by atoms with Gasteiger partial charge in [0.1, 0.15) is 0 Å². The zero-order chi connectivity index (χ0) is 7.26. The van der Waals surface area contributed by atoms with Crippen LogP contribution in [0.15, 0.2) is 12.1 Å². The average molecular weight is 146 g/mol. The largest absolute Gasteiger partial charge is 0.384 e. The van der Waals surface area contributed by atoms with Gasteiger partial charge >= 0.3 is 0 Å². The van der Waals surface area contributed by atoms with E-state index in [1.165, 1.54) is 28.9 Å². The van der Waals surface area contributed by atoms with Crippen molar-refractivity contribution < 1.29 is 0 Å². The zero-order valence-corrected chi connectivity index (χ0v) is 6.28. The summed E-state index contributed by atoms with van der Waals surface area (Å²) in [6.07, 6.45) is 1.20. The van der Waals surface area contributed by atoms with Crippen LogP contribution in [0.4, 0.5) is 11.4 Å². The van der Waals surface area contributed by atoms with Crippen molar-refractivity contribution in [3.05, 3.63) is 23.3 Å². The third-order valence-corrected chi connectivity index (χ3v) is 2.55. The molecule has 0 amide bonds. The molecule has 0 saturated carbocycles. The van der Waals surface area contributed by atoms with Gasteiger partial charge in [0.15, 0.2) is 0 Å². The smallest absolute Gasteiger partial charge is 0.0444 e. The Morgan fingerprint density at radius 3 is 3.00 bits per heavy atom. The van der Waals surface area contributed by atoms with Crippen molar-refractivity contribution in [2.24, 2.45) is 0 Å². The number of hydrogen-bond acceptors (Lipinski definition) is 2. The zero-order valence-electron chi connectivity index (χ0n) is 6.28. The van der Waals surface area contributed by atoms with Gasteiger partial charge in [-0.3, -0.25) is 0 Å². The molecule has 56 valence electrons. The van der Waals surface area contributed by atoms with E-state index in [0.29, 0.717) is 0 Å².